The van der Waals surface area contributed by atoms with E-state index in [9.17, 15) is 13.2 Å². The van der Waals surface area contributed by atoms with Crippen LogP contribution >= 0.6 is 0 Å². The van der Waals surface area contributed by atoms with Gasteiger partial charge in [0, 0.05) is 25.3 Å². The highest BCUT2D eigenvalue weighted by atomic mass is 32.2. The number of nitrogens with one attached hydrogen (secondary N) is 1. The van der Waals surface area contributed by atoms with Gasteiger partial charge in [-0.15, -0.1) is 0 Å². The third kappa shape index (κ3) is 3.72. The van der Waals surface area contributed by atoms with Crippen molar-refractivity contribution in [2.75, 3.05) is 29.8 Å². The molecule has 2 aliphatic rings. The Morgan fingerprint density at radius 1 is 1.33 bits per heavy atom. The molecular weight excluding hydrogens is 328 g/mol. The first kappa shape index (κ1) is 17.2. The number of nitrogens with zero attached hydrogens (tertiary/aromatic N) is 1. The summed E-state index contributed by atoms with van der Waals surface area (Å²) < 4.78 is 31.6. The molecule has 2 aliphatic heterocycles. The summed E-state index contributed by atoms with van der Waals surface area (Å²) >= 11 is 0. The van der Waals surface area contributed by atoms with Crippen LogP contribution in [0.15, 0.2) is 18.2 Å². The Bertz CT molecular complexity index is 711. The zero-order valence-electron chi connectivity index (χ0n) is 14.0. The third-order valence-corrected chi connectivity index (χ3v) is 6.46. The molecule has 7 heteroatoms. The molecule has 2 saturated heterocycles. The topological polar surface area (TPSA) is 75.7 Å². The van der Waals surface area contributed by atoms with Gasteiger partial charge in [-0.1, -0.05) is 6.07 Å². The fourth-order valence-electron chi connectivity index (χ4n) is 3.19. The largest absolute Gasteiger partial charge is 0.376 e. The zero-order chi connectivity index (χ0) is 17.2. The number of benzene rings is 1. The minimum Gasteiger partial charge on any atom is -0.376 e. The third-order valence-electron chi connectivity index (χ3n) is 4.60. The summed E-state index contributed by atoms with van der Waals surface area (Å²) in [6, 6.07) is 5.23. The van der Waals surface area contributed by atoms with Crippen LogP contribution in [0.4, 0.5) is 5.69 Å². The van der Waals surface area contributed by atoms with E-state index < -0.39 is 10.0 Å². The van der Waals surface area contributed by atoms with E-state index in [1.807, 2.05) is 6.92 Å². The lowest BCUT2D eigenvalue weighted by Crippen LogP contribution is -2.38. The van der Waals surface area contributed by atoms with E-state index in [2.05, 4.69) is 5.32 Å². The van der Waals surface area contributed by atoms with E-state index in [0.717, 1.165) is 31.4 Å². The highest BCUT2D eigenvalue weighted by Gasteiger charge is 2.27. The molecule has 1 N–H and O–H groups in total. The van der Waals surface area contributed by atoms with Crippen LogP contribution < -0.4 is 9.62 Å². The molecule has 0 radical (unpaired) electrons. The maximum Gasteiger partial charge on any atom is 0.251 e. The van der Waals surface area contributed by atoms with Crippen molar-refractivity contribution in [2.45, 2.75) is 38.7 Å². The number of hydrogen-bond acceptors (Lipinski definition) is 4. The molecule has 0 aromatic heterocycles. The fourth-order valence-corrected chi connectivity index (χ4v) is 4.89. The number of anilines is 1. The molecule has 0 bridgehead atoms. The van der Waals surface area contributed by atoms with E-state index in [-0.39, 0.29) is 17.8 Å². The Balaban J connectivity index is 1.76. The van der Waals surface area contributed by atoms with Gasteiger partial charge in [-0.3, -0.25) is 9.10 Å². The first-order valence-corrected chi connectivity index (χ1v) is 10.1. The smallest absolute Gasteiger partial charge is 0.251 e. The van der Waals surface area contributed by atoms with E-state index in [0.29, 0.717) is 30.8 Å². The van der Waals surface area contributed by atoms with Crippen molar-refractivity contribution in [2.24, 2.45) is 0 Å². The summed E-state index contributed by atoms with van der Waals surface area (Å²) in [6.45, 7) is 3.59. The lowest BCUT2D eigenvalue weighted by Gasteiger charge is -2.29. The van der Waals surface area contributed by atoms with Crippen molar-refractivity contribution >= 4 is 21.6 Å². The quantitative estimate of drug-likeness (QED) is 0.897. The normalized spacial score (nSPS) is 23.2. The molecule has 1 aromatic rings. The van der Waals surface area contributed by atoms with Crippen LogP contribution in [0.25, 0.3) is 0 Å². The number of hydrogen-bond donors (Lipinski definition) is 1. The molecule has 0 saturated carbocycles. The molecule has 0 aliphatic carbocycles. The van der Waals surface area contributed by atoms with Gasteiger partial charge in [0.2, 0.25) is 10.0 Å². The second-order valence-corrected chi connectivity index (χ2v) is 8.45. The Morgan fingerprint density at radius 3 is 2.88 bits per heavy atom. The van der Waals surface area contributed by atoms with Crippen LogP contribution in [0.1, 0.15) is 41.6 Å². The van der Waals surface area contributed by atoms with Gasteiger partial charge >= 0.3 is 0 Å². The second kappa shape index (κ2) is 7.11. The Morgan fingerprint density at radius 2 is 2.17 bits per heavy atom. The number of carbonyl (C=O) groups excluding carboxylic acids is 1. The van der Waals surface area contributed by atoms with Gasteiger partial charge in [0.05, 0.1) is 17.5 Å². The lowest BCUT2D eigenvalue weighted by atomic mass is 10.1. The summed E-state index contributed by atoms with van der Waals surface area (Å²) in [7, 11) is -3.29. The summed E-state index contributed by atoms with van der Waals surface area (Å²) in [4.78, 5) is 12.4. The predicted octanol–water partition coefficient (Wildman–Crippen LogP) is 1.83. The Hall–Kier alpha value is -1.60. The van der Waals surface area contributed by atoms with Crippen molar-refractivity contribution in [3.05, 3.63) is 29.3 Å². The van der Waals surface area contributed by atoms with Crippen molar-refractivity contribution in [1.29, 1.82) is 0 Å². The molecule has 0 unspecified atom stereocenters. The van der Waals surface area contributed by atoms with Gasteiger partial charge in [-0.05, 0) is 50.3 Å². The van der Waals surface area contributed by atoms with Gasteiger partial charge in [-0.2, -0.15) is 0 Å². The number of amides is 1. The maximum atomic E-state index is 12.4. The number of aryl methyl sites for hydroxylation is 1. The minimum atomic E-state index is -3.29. The number of ether oxygens (including phenoxy) is 1. The summed E-state index contributed by atoms with van der Waals surface area (Å²) in [5, 5.41) is 2.88. The van der Waals surface area contributed by atoms with E-state index in [1.165, 1.54) is 4.31 Å². The first-order chi connectivity index (χ1) is 11.5. The fraction of sp³-hybridized carbons (Fsp3) is 0.588. The number of sulfonamides is 1. The van der Waals surface area contributed by atoms with Crippen LogP contribution in [-0.2, 0) is 14.8 Å². The molecule has 6 nitrogen and oxygen atoms in total. The first-order valence-electron chi connectivity index (χ1n) is 8.48. The SMILES string of the molecule is Cc1ccc(C(=O)NC[C@@H]2CCCO2)cc1N1CCCCS1(=O)=O. The molecular formula is C17H24N2O4S. The zero-order valence-corrected chi connectivity index (χ0v) is 14.8. The molecule has 1 aromatic carbocycles. The Kier molecular flexibility index (Phi) is 5.10. The van der Waals surface area contributed by atoms with E-state index in [1.54, 1.807) is 18.2 Å². The van der Waals surface area contributed by atoms with Crippen LogP contribution in [0.5, 0.6) is 0 Å². The van der Waals surface area contributed by atoms with Gasteiger partial charge < -0.3 is 10.1 Å². The maximum absolute atomic E-state index is 12.4. The summed E-state index contributed by atoms with van der Waals surface area (Å²) in [5.41, 5.74) is 1.95. The minimum absolute atomic E-state index is 0.0846. The van der Waals surface area contributed by atoms with Crippen molar-refractivity contribution < 1.29 is 17.9 Å². The molecule has 1 atom stereocenters. The van der Waals surface area contributed by atoms with Crippen molar-refractivity contribution in [3.8, 4) is 0 Å². The lowest BCUT2D eigenvalue weighted by molar-refractivity contribution is 0.0858. The van der Waals surface area contributed by atoms with Crippen LogP contribution in [-0.4, -0.2) is 45.9 Å². The molecule has 3 rings (SSSR count). The van der Waals surface area contributed by atoms with Crippen molar-refractivity contribution in [1.82, 2.24) is 5.32 Å². The average molecular weight is 352 g/mol. The monoisotopic (exact) mass is 352 g/mol. The van der Waals surface area contributed by atoms with E-state index in [4.69, 9.17) is 4.74 Å². The predicted molar refractivity (Wildman–Crippen MR) is 92.9 cm³/mol. The molecule has 2 heterocycles. The number of rotatable bonds is 4. The van der Waals surface area contributed by atoms with Gasteiger partial charge in [0.1, 0.15) is 0 Å². The summed E-state index contributed by atoms with van der Waals surface area (Å²) in [5.74, 6) is -0.0248. The number of carbonyl (C=O) groups is 1. The average Bonchev–Trinajstić information content (AvgIpc) is 3.06. The molecule has 2 fully saturated rings. The summed E-state index contributed by atoms with van der Waals surface area (Å²) in [6.07, 6.45) is 3.61. The highest BCUT2D eigenvalue weighted by Crippen LogP contribution is 2.28. The molecule has 24 heavy (non-hydrogen) atoms. The van der Waals surface area contributed by atoms with Crippen LogP contribution in [0, 0.1) is 6.92 Å². The van der Waals surface area contributed by atoms with Gasteiger partial charge in [0.25, 0.3) is 5.91 Å². The van der Waals surface area contributed by atoms with Crippen molar-refractivity contribution in [3.63, 3.8) is 0 Å². The highest BCUT2D eigenvalue weighted by molar-refractivity contribution is 7.92. The second-order valence-electron chi connectivity index (χ2n) is 6.44. The molecule has 0 spiro atoms. The van der Waals surface area contributed by atoms with E-state index >= 15 is 0 Å². The van der Waals surface area contributed by atoms with Crippen LogP contribution in [0.3, 0.4) is 0 Å². The molecule has 1 amide bonds. The van der Waals surface area contributed by atoms with Crippen LogP contribution in [0.2, 0.25) is 0 Å². The molecule has 132 valence electrons. The Labute approximate surface area is 143 Å². The van der Waals surface area contributed by atoms with Gasteiger partial charge in [0.15, 0.2) is 0 Å². The van der Waals surface area contributed by atoms with Gasteiger partial charge in [-0.25, -0.2) is 8.42 Å². The standard InChI is InChI=1S/C17H24N2O4S/c1-13-6-7-14(17(20)18-12-15-5-4-9-23-15)11-16(13)19-8-2-3-10-24(19,21)22/h6-7,11,15H,2-5,8-10,12H2,1H3,(H,18,20)/t15-/m0/s1.